The number of nitrogens with one attached hydrogen (secondary N) is 1. The minimum Gasteiger partial charge on any atom is -0.465 e. The molecule has 0 spiro atoms. The summed E-state index contributed by atoms with van der Waals surface area (Å²) in [4.78, 5) is 24.9. The highest BCUT2D eigenvalue weighted by molar-refractivity contribution is 5.78. The van der Waals surface area contributed by atoms with Crippen molar-refractivity contribution in [3.63, 3.8) is 0 Å². The molecule has 6 nitrogen and oxygen atoms in total. The number of para-hydroxylation sites is 1. The first kappa shape index (κ1) is 20.2. The average molecular weight is 361 g/mol. The van der Waals surface area contributed by atoms with Crippen LogP contribution in [0.15, 0.2) is 30.3 Å². The Bertz CT molecular complexity index is 608. The zero-order valence-electron chi connectivity index (χ0n) is 16.4. The van der Waals surface area contributed by atoms with E-state index in [2.05, 4.69) is 19.2 Å². The summed E-state index contributed by atoms with van der Waals surface area (Å²) >= 11 is 0. The number of amides is 1. The second-order valence-corrected chi connectivity index (χ2v) is 6.93. The number of carbonyl (C=O) groups excluding carboxylic acids is 2. The molecule has 2 rings (SSSR count). The Morgan fingerprint density at radius 2 is 1.92 bits per heavy atom. The van der Waals surface area contributed by atoms with E-state index in [4.69, 9.17) is 4.74 Å². The third-order valence-electron chi connectivity index (χ3n) is 4.98. The number of ether oxygens (including phenoxy) is 1. The van der Waals surface area contributed by atoms with Gasteiger partial charge in [-0.25, -0.2) is 5.01 Å². The standard InChI is InChI=1S/C20H31N3O3/c1-6-14(3)19(20(25)26-7-2)21-18-13-15(4)22(23(18)16(5)24)17-11-9-8-10-12-17/h8-12,14-15,18-19,21H,6-7,13H2,1-5H3. The number of rotatable bonds is 7. The van der Waals surface area contributed by atoms with Crippen LogP contribution in [0.25, 0.3) is 0 Å². The lowest BCUT2D eigenvalue weighted by molar-refractivity contribution is -0.148. The lowest BCUT2D eigenvalue weighted by atomic mass is 9.98. The van der Waals surface area contributed by atoms with E-state index >= 15 is 0 Å². The van der Waals surface area contributed by atoms with Crippen molar-refractivity contribution in [1.82, 2.24) is 10.3 Å². The third kappa shape index (κ3) is 4.36. The maximum Gasteiger partial charge on any atom is 0.323 e. The van der Waals surface area contributed by atoms with Crippen LogP contribution in [0.3, 0.4) is 0 Å². The number of hydrogen-bond acceptors (Lipinski definition) is 5. The van der Waals surface area contributed by atoms with Crippen LogP contribution in [0, 0.1) is 5.92 Å². The summed E-state index contributed by atoms with van der Waals surface area (Å²) in [6, 6.07) is 9.56. The molecule has 1 fully saturated rings. The summed E-state index contributed by atoms with van der Waals surface area (Å²) in [6.45, 7) is 9.89. The van der Waals surface area contributed by atoms with Crippen molar-refractivity contribution in [2.45, 2.75) is 65.7 Å². The number of esters is 1. The van der Waals surface area contributed by atoms with E-state index < -0.39 is 6.04 Å². The lowest BCUT2D eigenvalue weighted by Crippen LogP contribution is -2.56. The molecule has 4 atom stereocenters. The maximum atomic E-state index is 12.4. The van der Waals surface area contributed by atoms with Crippen LogP contribution in [0.1, 0.15) is 47.5 Å². The smallest absolute Gasteiger partial charge is 0.323 e. The predicted molar refractivity (Wildman–Crippen MR) is 102 cm³/mol. The van der Waals surface area contributed by atoms with Crippen molar-refractivity contribution in [2.75, 3.05) is 11.6 Å². The molecule has 1 aliphatic heterocycles. The van der Waals surface area contributed by atoms with E-state index in [0.717, 1.165) is 18.5 Å². The Morgan fingerprint density at radius 1 is 1.27 bits per heavy atom. The number of carbonyl (C=O) groups is 2. The van der Waals surface area contributed by atoms with Crippen LogP contribution in [0.5, 0.6) is 0 Å². The normalized spacial score (nSPS) is 22.2. The van der Waals surface area contributed by atoms with Crippen molar-refractivity contribution < 1.29 is 14.3 Å². The first-order valence-corrected chi connectivity index (χ1v) is 9.47. The van der Waals surface area contributed by atoms with E-state index in [-0.39, 0.29) is 30.0 Å². The highest BCUT2D eigenvalue weighted by Gasteiger charge is 2.41. The fourth-order valence-electron chi connectivity index (χ4n) is 3.49. The molecular weight excluding hydrogens is 330 g/mol. The molecule has 4 unspecified atom stereocenters. The summed E-state index contributed by atoms with van der Waals surface area (Å²) in [5.41, 5.74) is 0.968. The number of nitrogens with zero attached hydrogens (tertiary/aromatic N) is 2. The van der Waals surface area contributed by atoms with Gasteiger partial charge >= 0.3 is 5.97 Å². The molecule has 26 heavy (non-hydrogen) atoms. The van der Waals surface area contributed by atoms with Crippen molar-refractivity contribution in [3.05, 3.63) is 30.3 Å². The van der Waals surface area contributed by atoms with Crippen molar-refractivity contribution in [1.29, 1.82) is 0 Å². The Labute approximate surface area is 156 Å². The van der Waals surface area contributed by atoms with Gasteiger partial charge in [-0.1, -0.05) is 38.5 Å². The maximum absolute atomic E-state index is 12.4. The molecule has 1 amide bonds. The molecule has 1 aromatic carbocycles. The highest BCUT2D eigenvalue weighted by atomic mass is 16.5. The Kier molecular flexibility index (Phi) is 7.03. The van der Waals surface area contributed by atoms with E-state index in [1.165, 1.54) is 0 Å². The van der Waals surface area contributed by atoms with Gasteiger partial charge in [0.2, 0.25) is 5.91 Å². The van der Waals surface area contributed by atoms with Crippen LogP contribution in [-0.2, 0) is 14.3 Å². The molecule has 144 valence electrons. The topological polar surface area (TPSA) is 61.9 Å². The summed E-state index contributed by atoms with van der Waals surface area (Å²) in [5.74, 6) is -0.192. The fourth-order valence-corrected chi connectivity index (χ4v) is 3.49. The largest absolute Gasteiger partial charge is 0.465 e. The van der Waals surface area contributed by atoms with Crippen LogP contribution in [-0.4, -0.2) is 41.7 Å². The van der Waals surface area contributed by atoms with Crippen LogP contribution in [0.2, 0.25) is 0 Å². The zero-order valence-corrected chi connectivity index (χ0v) is 16.4. The number of hydrazine groups is 1. The minimum absolute atomic E-state index is 0.0533. The number of benzene rings is 1. The third-order valence-corrected chi connectivity index (χ3v) is 4.98. The van der Waals surface area contributed by atoms with E-state index in [0.29, 0.717) is 6.61 Å². The van der Waals surface area contributed by atoms with E-state index in [9.17, 15) is 9.59 Å². The Balaban J connectivity index is 2.26. The van der Waals surface area contributed by atoms with E-state index in [1.807, 2.05) is 49.2 Å². The molecule has 0 aromatic heterocycles. The monoisotopic (exact) mass is 361 g/mol. The molecule has 0 bridgehead atoms. The molecule has 0 radical (unpaired) electrons. The van der Waals surface area contributed by atoms with Crippen LogP contribution < -0.4 is 10.3 Å². The van der Waals surface area contributed by atoms with E-state index in [1.54, 1.807) is 11.9 Å². The molecule has 0 aliphatic carbocycles. The summed E-state index contributed by atoms with van der Waals surface area (Å²) in [6.07, 6.45) is 1.34. The van der Waals surface area contributed by atoms with Crippen molar-refractivity contribution in [2.24, 2.45) is 5.92 Å². The van der Waals surface area contributed by atoms with Gasteiger partial charge in [-0.2, -0.15) is 0 Å². The van der Waals surface area contributed by atoms with Gasteiger partial charge in [-0.05, 0) is 31.9 Å². The second-order valence-electron chi connectivity index (χ2n) is 6.93. The summed E-state index contributed by atoms with van der Waals surface area (Å²) in [5, 5.41) is 7.15. The quantitative estimate of drug-likeness (QED) is 0.757. The van der Waals surface area contributed by atoms with Gasteiger partial charge in [0.25, 0.3) is 0 Å². The minimum atomic E-state index is -0.435. The Hall–Kier alpha value is -2.08. The van der Waals surface area contributed by atoms with Gasteiger partial charge in [0.1, 0.15) is 12.2 Å². The van der Waals surface area contributed by atoms with Gasteiger partial charge in [0.15, 0.2) is 0 Å². The van der Waals surface area contributed by atoms with Gasteiger partial charge in [-0.15, -0.1) is 0 Å². The first-order valence-electron chi connectivity index (χ1n) is 9.47. The number of anilines is 1. The number of hydrogen-bond donors (Lipinski definition) is 1. The van der Waals surface area contributed by atoms with Crippen molar-refractivity contribution in [3.8, 4) is 0 Å². The van der Waals surface area contributed by atoms with Gasteiger partial charge in [0.05, 0.1) is 18.3 Å². The SMILES string of the molecule is CCOC(=O)C(NC1CC(C)N(c2ccccc2)N1C(C)=O)C(C)CC. The summed E-state index contributed by atoms with van der Waals surface area (Å²) < 4.78 is 5.25. The average Bonchev–Trinajstić information content (AvgIpc) is 2.96. The predicted octanol–water partition coefficient (Wildman–Crippen LogP) is 2.94. The van der Waals surface area contributed by atoms with Crippen LogP contribution >= 0.6 is 0 Å². The van der Waals surface area contributed by atoms with Crippen LogP contribution in [0.4, 0.5) is 5.69 Å². The Morgan fingerprint density at radius 3 is 2.46 bits per heavy atom. The molecular formula is C20H31N3O3. The first-order chi connectivity index (χ1) is 12.4. The summed E-state index contributed by atoms with van der Waals surface area (Å²) in [7, 11) is 0. The van der Waals surface area contributed by atoms with Gasteiger partial charge < -0.3 is 4.74 Å². The molecule has 1 aliphatic rings. The van der Waals surface area contributed by atoms with Crippen molar-refractivity contribution >= 4 is 17.6 Å². The fraction of sp³-hybridized carbons (Fsp3) is 0.600. The molecule has 0 saturated carbocycles. The van der Waals surface area contributed by atoms with Gasteiger partial charge in [0, 0.05) is 13.3 Å². The molecule has 1 aromatic rings. The molecule has 1 heterocycles. The molecule has 1 saturated heterocycles. The highest BCUT2D eigenvalue weighted by Crippen LogP contribution is 2.30. The second kappa shape index (κ2) is 9.03. The molecule has 6 heteroatoms. The lowest BCUT2D eigenvalue weighted by Gasteiger charge is -2.36. The molecule has 1 N–H and O–H groups in total. The zero-order chi connectivity index (χ0) is 19.3. The van der Waals surface area contributed by atoms with Gasteiger partial charge in [-0.3, -0.25) is 19.9 Å².